The standard InChI is InChI=1S/C15H13BrN2O3/c1-17(13-8-4-5-9-14(13)18(20)21)15(19)12-7-3-2-6-11(12)10-16/h2-9H,10H2,1H3. The van der Waals surface area contributed by atoms with E-state index < -0.39 is 4.92 Å². The lowest BCUT2D eigenvalue weighted by molar-refractivity contribution is -0.384. The number of nitro benzene ring substituents is 1. The summed E-state index contributed by atoms with van der Waals surface area (Å²) in [6.45, 7) is 0. The smallest absolute Gasteiger partial charge is 0.292 e. The molecule has 0 aliphatic heterocycles. The van der Waals surface area contributed by atoms with E-state index in [1.54, 1.807) is 30.3 Å². The molecule has 0 fully saturated rings. The molecule has 21 heavy (non-hydrogen) atoms. The van der Waals surface area contributed by atoms with Gasteiger partial charge in [-0.3, -0.25) is 14.9 Å². The number of hydrogen-bond acceptors (Lipinski definition) is 3. The predicted molar refractivity (Wildman–Crippen MR) is 84.9 cm³/mol. The summed E-state index contributed by atoms with van der Waals surface area (Å²) in [7, 11) is 1.54. The van der Waals surface area contributed by atoms with Gasteiger partial charge in [-0.2, -0.15) is 0 Å². The molecule has 2 aromatic carbocycles. The van der Waals surface area contributed by atoms with E-state index >= 15 is 0 Å². The number of carbonyl (C=O) groups is 1. The molecule has 0 unspecified atom stereocenters. The number of rotatable bonds is 4. The van der Waals surface area contributed by atoms with Gasteiger partial charge in [-0.25, -0.2) is 0 Å². The minimum absolute atomic E-state index is 0.0929. The molecular weight excluding hydrogens is 336 g/mol. The first kappa shape index (κ1) is 15.2. The summed E-state index contributed by atoms with van der Waals surface area (Å²) < 4.78 is 0. The third-order valence-corrected chi connectivity index (χ3v) is 3.74. The van der Waals surface area contributed by atoms with E-state index in [9.17, 15) is 14.9 Å². The Morgan fingerprint density at radius 1 is 1.19 bits per heavy atom. The van der Waals surface area contributed by atoms with Crippen LogP contribution in [0.2, 0.25) is 0 Å². The lowest BCUT2D eigenvalue weighted by Gasteiger charge is -2.18. The Kier molecular flexibility index (Phi) is 4.70. The van der Waals surface area contributed by atoms with Gasteiger partial charge in [-0.15, -0.1) is 0 Å². The molecule has 0 aliphatic carbocycles. The number of nitrogens with zero attached hydrogens (tertiary/aromatic N) is 2. The van der Waals surface area contributed by atoms with E-state index in [0.717, 1.165) is 5.56 Å². The van der Waals surface area contributed by atoms with Crippen molar-refractivity contribution in [3.05, 3.63) is 69.8 Å². The number of halogens is 1. The van der Waals surface area contributed by atoms with Gasteiger partial charge >= 0.3 is 0 Å². The van der Waals surface area contributed by atoms with Crippen LogP contribution in [0.15, 0.2) is 48.5 Å². The summed E-state index contributed by atoms with van der Waals surface area (Å²) in [5.74, 6) is -0.278. The summed E-state index contributed by atoms with van der Waals surface area (Å²) in [6.07, 6.45) is 0. The first-order chi connectivity index (χ1) is 10.1. The molecule has 2 aromatic rings. The highest BCUT2D eigenvalue weighted by atomic mass is 79.9. The molecule has 0 saturated heterocycles. The molecule has 6 heteroatoms. The molecule has 0 bridgehead atoms. The average Bonchev–Trinajstić information content (AvgIpc) is 2.53. The Labute approximate surface area is 130 Å². The maximum Gasteiger partial charge on any atom is 0.292 e. The number of nitro groups is 1. The molecule has 108 valence electrons. The Morgan fingerprint density at radius 3 is 2.48 bits per heavy atom. The first-order valence-electron chi connectivity index (χ1n) is 6.21. The average molecular weight is 349 g/mol. The third kappa shape index (κ3) is 3.11. The first-order valence-corrected chi connectivity index (χ1v) is 7.33. The number of alkyl halides is 1. The van der Waals surface area contributed by atoms with Crippen LogP contribution >= 0.6 is 15.9 Å². The van der Waals surface area contributed by atoms with Gasteiger partial charge in [0.05, 0.1) is 4.92 Å². The fourth-order valence-corrected chi connectivity index (χ4v) is 2.53. The summed E-state index contributed by atoms with van der Waals surface area (Å²) in [5.41, 5.74) is 1.55. The van der Waals surface area contributed by atoms with Crippen molar-refractivity contribution in [1.82, 2.24) is 0 Å². The van der Waals surface area contributed by atoms with Gasteiger partial charge in [0.2, 0.25) is 0 Å². The van der Waals surface area contributed by atoms with Crippen LogP contribution in [-0.2, 0) is 5.33 Å². The molecule has 5 nitrogen and oxygen atoms in total. The van der Waals surface area contributed by atoms with Crippen LogP contribution in [0.25, 0.3) is 0 Å². The van der Waals surface area contributed by atoms with Gasteiger partial charge in [-0.05, 0) is 17.7 Å². The summed E-state index contributed by atoms with van der Waals surface area (Å²) in [6, 6.07) is 13.4. The Balaban J connectivity index is 2.43. The summed E-state index contributed by atoms with van der Waals surface area (Å²) in [5, 5.41) is 11.6. The lowest BCUT2D eigenvalue weighted by Crippen LogP contribution is -2.27. The van der Waals surface area contributed by atoms with E-state index in [1.165, 1.54) is 18.0 Å². The van der Waals surface area contributed by atoms with Crippen LogP contribution in [0.3, 0.4) is 0 Å². The zero-order valence-corrected chi connectivity index (χ0v) is 12.9. The molecule has 0 N–H and O–H groups in total. The molecule has 0 heterocycles. The molecular formula is C15H13BrN2O3. The largest absolute Gasteiger partial charge is 0.305 e. The van der Waals surface area contributed by atoms with Crippen molar-refractivity contribution >= 4 is 33.2 Å². The van der Waals surface area contributed by atoms with Crippen molar-refractivity contribution in [3.63, 3.8) is 0 Å². The van der Waals surface area contributed by atoms with E-state index in [4.69, 9.17) is 0 Å². The van der Waals surface area contributed by atoms with Crippen LogP contribution in [0.4, 0.5) is 11.4 Å². The minimum Gasteiger partial charge on any atom is -0.305 e. The SMILES string of the molecule is CN(C(=O)c1ccccc1CBr)c1ccccc1[N+](=O)[O-]. The third-order valence-electron chi connectivity index (χ3n) is 3.14. The van der Waals surface area contributed by atoms with E-state index in [2.05, 4.69) is 15.9 Å². The number of benzene rings is 2. The highest BCUT2D eigenvalue weighted by Crippen LogP contribution is 2.28. The Morgan fingerprint density at radius 2 is 1.81 bits per heavy atom. The van der Waals surface area contributed by atoms with Crippen molar-refractivity contribution in [2.24, 2.45) is 0 Å². The zero-order chi connectivity index (χ0) is 15.4. The van der Waals surface area contributed by atoms with Gasteiger partial charge in [-0.1, -0.05) is 46.3 Å². The van der Waals surface area contributed by atoms with Crippen molar-refractivity contribution < 1.29 is 9.72 Å². The van der Waals surface area contributed by atoms with Gasteiger partial charge < -0.3 is 4.90 Å². The maximum absolute atomic E-state index is 12.6. The van der Waals surface area contributed by atoms with Crippen LogP contribution in [-0.4, -0.2) is 17.9 Å². The maximum atomic E-state index is 12.6. The number of hydrogen-bond donors (Lipinski definition) is 0. The molecule has 0 aliphatic rings. The highest BCUT2D eigenvalue weighted by Gasteiger charge is 2.22. The summed E-state index contributed by atoms with van der Waals surface area (Å²) >= 11 is 3.34. The molecule has 0 radical (unpaired) electrons. The second kappa shape index (κ2) is 6.49. The number of anilines is 1. The Bertz CT molecular complexity index is 688. The summed E-state index contributed by atoms with van der Waals surface area (Å²) in [4.78, 5) is 24.5. The second-order valence-electron chi connectivity index (χ2n) is 4.40. The van der Waals surface area contributed by atoms with Crippen molar-refractivity contribution in [1.29, 1.82) is 0 Å². The number of carbonyl (C=O) groups excluding carboxylic acids is 1. The Hall–Kier alpha value is -2.21. The molecule has 0 spiro atoms. The molecule has 0 aromatic heterocycles. The van der Waals surface area contributed by atoms with Crippen molar-refractivity contribution in [2.75, 3.05) is 11.9 Å². The fourth-order valence-electron chi connectivity index (χ4n) is 2.04. The lowest BCUT2D eigenvalue weighted by atomic mass is 10.1. The van der Waals surface area contributed by atoms with Crippen LogP contribution in [0, 0.1) is 10.1 Å². The van der Waals surface area contributed by atoms with Crippen molar-refractivity contribution in [3.8, 4) is 0 Å². The van der Waals surface area contributed by atoms with Gasteiger partial charge in [0.25, 0.3) is 11.6 Å². The number of amides is 1. The van der Waals surface area contributed by atoms with Crippen molar-refractivity contribution in [2.45, 2.75) is 5.33 Å². The quantitative estimate of drug-likeness (QED) is 0.480. The minimum atomic E-state index is -0.491. The van der Waals surface area contributed by atoms with Crippen LogP contribution in [0.1, 0.15) is 15.9 Å². The van der Waals surface area contributed by atoms with Gasteiger partial charge in [0.1, 0.15) is 5.69 Å². The fraction of sp³-hybridized carbons (Fsp3) is 0.133. The van der Waals surface area contributed by atoms with Crippen LogP contribution < -0.4 is 4.90 Å². The van der Waals surface area contributed by atoms with E-state index in [-0.39, 0.29) is 17.3 Å². The van der Waals surface area contributed by atoms with E-state index in [0.29, 0.717) is 10.9 Å². The molecule has 0 atom stereocenters. The highest BCUT2D eigenvalue weighted by molar-refractivity contribution is 9.08. The predicted octanol–water partition coefficient (Wildman–Crippen LogP) is 3.77. The topological polar surface area (TPSA) is 63.5 Å². The monoisotopic (exact) mass is 348 g/mol. The van der Waals surface area contributed by atoms with E-state index in [1.807, 2.05) is 12.1 Å². The normalized spacial score (nSPS) is 10.2. The van der Waals surface area contributed by atoms with Crippen LogP contribution in [0.5, 0.6) is 0 Å². The molecule has 1 amide bonds. The van der Waals surface area contributed by atoms with Gasteiger partial charge in [0.15, 0.2) is 0 Å². The second-order valence-corrected chi connectivity index (χ2v) is 4.96. The molecule has 0 saturated carbocycles. The van der Waals surface area contributed by atoms with Gasteiger partial charge in [0, 0.05) is 24.0 Å². The number of para-hydroxylation sites is 2. The zero-order valence-electron chi connectivity index (χ0n) is 11.3. The molecule has 2 rings (SSSR count).